The van der Waals surface area contributed by atoms with Crippen molar-refractivity contribution in [3.8, 4) is 0 Å². The second-order valence-electron chi connectivity index (χ2n) is 8.10. The van der Waals surface area contributed by atoms with Gasteiger partial charge in [0.05, 0.1) is 6.10 Å². The molecule has 0 amide bonds. The van der Waals surface area contributed by atoms with Gasteiger partial charge < -0.3 is 4.43 Å². The molecule has 3 nitrogen and oxygen atoms in total. The van der Waals surface area contributed by atoms with E-state index < -0.39 is 8.32 Å². The first-order valence-corrected chi connectivity index (χ1v) is 12.2. The molecule has 2 saturated heterocycles. The maximum absolute atomic E-state index is 12.2. The van der Waals surface area contributed by atoms with Crippen LogP contribution in [0.5, 0.6) is 0 Å². The number of Topliss-reactive ketones (excluding diaryl/α,β-unsaturated/α-hetero) is 1. The monoisotopic (exact) mass is 331 g/mol. The normalized spacial score (nSPS) is 31.3. The highest BCUT2D eigenvalue weighted by atomic mass is 28.4. The van der Waals surface area contributed by atoms with E-state index in [1.165, 1.54) is 5.56 Å². The summed E-state index contributed by atoms with van der Waals surface area (Å²) in [5.74, 6) is 0.481. The average Bonchev–Trinajstić information content (AvgIpc) is 2.71. The maximum atomic E-state index is 12.2. The van der Waals surface area contributed by atoms with Crippen LogP contribution in [0, 0.1) is 5.92 Å². The fraction of sp³-hybridized carbons (Fsp3) is 0.632. The predicted octanol–water partition coefficient (Wildman–Crippen LogP) is 3.85. The molecule has 0 aliphatic carbocycles. The molecular weight excluding hydrogens is 302 g/mol. The van der Waals surface area contributed by atoms with Crippen molar-refractivity contribution in [3.63, 3.8) is 0 Å². The van der Waals surface area contributed by atoms with Gasteiger partial charge in [-0.05, 0) is 51.4 Å². The first-order valence-electron chi connectivity index (χ1n) is 8.83. The fourth-order valence-electron chi connectivity index (χ4n) is 4.34. The summed E-state index contributed by atoms with van der Waals surface area (Å²) in [4.78, 5) is 14.8. The molecule has 2 aliphatic heterocycles. The lowest BCUT2D eigenvalue weighted by Gasteiger charge is -2.43. The maximum Gasteiger partial charge on any atom is 0.184 e. The van der Waals surface area contributed by atoms with E-state index in [9.17, 15) is 4.79 Å². The number of carbonyl (C=O) groups excluding carboxylic acids is 1. The van der Waals surface area contributed by atoms with Gasteiger partial charge in [0, 0.05) is 24.5 Å². The SMILES string of the molecule is CC(=O)[C@@H]1C[C@H]2CC[C@H](O[Si](C)(C)C)[C@@H]1N2Cc1ccccc1. The summed E-state index contributed by atoms with van der Waals surface area (Å²) in [6, 6.07) is 11.4. The number of piperidine rings is 1. The number of fused-ring (bicyclic) bond motifs is 2. The summed E-state index contributed by atoms with van der Waals surface area (Å²) in [7, 11) is -1.61. The minimum absolute atomic E-state index is 0.146. The molecule has 0 aromatic heterocycles. The molecular formula is C19H29NO2Si. The molecule has 4 atom stereocenters. The van der Waals surface area contributed by atoms with Gasteiger partial charge in [-0.1, -0.05) is 30.3 Å². The summed E-state index contributed by atoms with van der Waals surface area (Å²) in [6.07, 6.45) is 3.49. The highest BCUT2D eigenvalue weighted by molar-refractivity contribution is 6.69. The minimum atomic E-state index is -1.61. The van der Waals surface area contributed by atoms with E-state index in [1.807, 2.05) is 0 Å². The number of nitrogens with zero attached hydrogens (tertiary/aromatic N) is 1. The summed E-state index contributed by atoms with van der Waals surface area (Å²) in [6.45, 7) is 9.44. The third-order valence-electron chi connectivity index (χ3n) is 5.19. The zero-order chi connectivity index (χ0) is 16.6. The Morgan fingerprint density at radius 2 is 1.91 bits per heavy atom. The second kappa shape index (κ2) is 6.50. The molecule has 2 fully saturated rings. The highest BCUT2D eigenvalue weighted by Crippen LogP contribution is 2.43. The molecule has 126 valence electrons. The van der Waals surface area contributed by atoms with Crippen LogP contribution < -0.4 is 0 Å². The molecule has 0 unspecified atom stereocenters. The first kappa shape index (κ1) is 16.9. The predicted molar refractivity (Wildman–Crippen MR) is 95.8 cm³/mol. The molecule has 2 heterocycles. The van der Waals surface area contributed by atoms with Crippen LogP contribution >= 0.6 is 0 Å². The van der Waals surface area contributed by atoms with Gasteiger partial charge in [-0.15, -0.1) is 0 Å². The summed E-state index contributed by atoms with van der Waals surface area (Å²) < 4.78 is 6.50. The van der Waals surface area contributed by atoms with Crippen LogP contribution in [-0.4, -0.2) is 37.2 Å². The van der Waals surface area contributed by atoms with E-state index in [1.54, 1.807) is 6.92 Å². The topological polar surface area (TPSA) is 29.5 Å². The van der Waals surface area contributed by atoms with Crippen LogP contribution in [0.4, 0.5) is 0 Å². The molecule has 0 saturated carbocycles. The van der Waals surface area contributed by atoms with Crippen LogP contribution in [0.2, 0.25) is 19.6 Å². The van der Waals surface area contributed by atoms with Crippen molar-refractivity contribution in [1.82, 2.24) is 4.90 Å². The summed E-state index contributed by atoms with van der Waals surface area (Å²) >= 11 is 0. The van der Waals surface area contributed by atoms with E-state index in [-0.39, 0.29) is 18.1 Å². The molecule has 23 heavy (non-hydrogen) atoms. The fourth-order valence-corrected chi connectivity index (χ4v) is 5.51. The van der Waals surface area contributed by atoms with Gasteiger partial charge in [0.2, 0.25) is 0 Å². The molecule has 2 aliphatic rings. The van der Waals surface area contributed by atoms with Crippen LogP contribution in [-0.2, 0) is 15.8 Å². The average molecular weight is 332 g/mol. The van der Waals surface area contributed by atoms with E-state index in [2.05, 4.69) is 54.9 Å². The summed E-state index contributed by atoms with van der Waals surface area (Å²) in [5, 5.41) is 0. The van der Waals surface area contributed by atoms with Crippen LogP contribution in [0.3, 0.4) is 0 Å². The van der Waals surface area contributed by atoms with Crippen molar-refractivity contribution in [3.05, 3.63) is 35.9 Å². The lowest BCUT2D eigenvalue weighted by atomic mass is 9.92. The lowest BCUT2D eigenvalue weighted by Crippen LogP contribution is -2.53. The van der Waals surface area contributed by atoms with Gasteiger partial charge in [-0.25, -0.2) is 0 Å². The zero-order valence-corrected chi connectivity index (χ0v) is 15.8. The quantitative estimate of drug-likeness (QED) is 0.768. The van der Waals surface area contributed by atoms with Crippen LogP contribution in [0.1, 0.15) is 31.7 Å². The second-order valence-corrected chi connectivity index (χ2v) is 12.6. The number of rotatable bonds is 5. The molecule has 1 aromatic carbocycles. The Morgan fingerprint density at radius 3 is 2.52 bits per heavy atom. The van der Waals surface area contributed by atoms with E-state index in [4.69, 9.17) is 4.43 Å². The number of ketones is 1. The first-order chi connectivity index (χ1) is 10.8. The smallest absolute Gasteiger partial charge is 0.184 e. The van der Waals surface area contributed by atoms with Crippen molar-refractivity contribution in [2.75, 3.05) is 0 Å². The van der Waals surface area contributed by atoms with Crippen molar-refractivity contribution < 1.29 is 9.22 Å². The minimum Gasteiger partial charge on any atom is -0.413 e. The molecule has 1 aromatic rings. The Labute approximate surface area is 141 Å². The number of hydrogen-bond donors (Lipinski definition) is 0. The van der Waals surface area contributed by atoms with Gasteiger partial charge in [0.1, 0.15) is 5.78 Å². The van der Waals surface area contributed by atoms with Crippen LogP contribution in [0.25, 0.3) is 0 Å². The zero-order valence-electron chi connectivity index (χ0n) is 14.8. The largest absolute Gasteiger partial charge is 0.413 e. The van der Waals surface area contributed by atoms with Gasteiger partial charge in [-0.3, -0.25) is 9.69 Å². The van der Waals surface area contributed by atoms with Crippen molar-refractivity contribution >= 4 is 14.1 Å². The molecule has 2 bridgehead atoms. The van der Waals surface area contributed by atoms with Gasteiger partial charge >= 0.3 is 0 Å². The number of benzene rings is 1. The molecule has 4 heteroatoms. The van der Waals surface area contributed by atoms with Gasteiger partial charge in [-0.2, -0.15) is 0 Å². The van der Waals surface area contributed by atoms with Gasteiger partial charge in [0.25, 0.3) is 0 Å². The van der Waals surface area contributed by atoms with E-state index >= 15 is 0 Å². The third kappa shape index (κ3) is 3.75. The Morgan fingerprint density at radius 1 is 1.22 bits per heavy atom. The Hall–Kier alpha value is -0.973. The van der Waals surface area contributed by atoms with E-state index in [0.717, 1.165) is 25.8 Å². The Bertz CT molecular complexity index is 554. The highest BCUT2D eigenvalue weighted by Gasteiger charge is 2.50. The van der Waals surface area contributed by atoms with E-state index in [0.29, 0.717) is 11.8 Å². The van der Waals surface area contributed by atoms with Gasteiger partial charge in [0.15, 0.2) is 8.32 Å². The Kier molecular flexibility index (Phi) is 4.77. The molecule has 3 rings (SSSR count). The van der Waals surface area contributed by atoms with Crippen LogP contribution in [0.15, 0.2) is 30.3 Å². The summed E-state index contributed by atoms with van der Waals surface area (Å²) in [5.41, 5.74) is 1.33. The number of hydrogen-bond acceptors (Lipinski definition) is 3. The van der Waals surface area contributed by atoms with Crippen molar-refractivity contribution in [1.29, 1.82) is 0 Å². The van der Waals surface area contributed by atoms with Crippen molar-refractivity contribution in [2.45, 2.75) is 70.6 Å². The lowest BCUT2D eigenvalue weighted by molar-refractivity contribution is -0.123. The van der Waals surface area contributed by atoms with Crippen molar-refractivity contribution in [2.24, 2.45) is 5.92 Å². The molecule has 0 radical (unpaired) electrons. The molecule has 0 spiro atoms. The third-order valence-corrected chi connectivity index (χ3v) is 6.20. The Balaban J connectivity index is 1.84. The number of carbonyl (C=O) groups is 1. The molecule has 0 N–H and O–H groups in total. The standard InChI is InChI=1S/C19H29NO2Si/c1-14(21)17-12-16-10-11-18(22-23(2,3)4)19(17)20(16)13-15-8-6-5-7-9-15/h5-9,16-19H,10-13H2,1-4H3/t16-,17+,18+,19-/m1/s1.